The molecule has 4 nitrogen and oxygen atoms in total. The SMILES string of the molecule is CC(Oc1ccccc1Br)C(=O)N(C)C(C)CN. The van der Waals surface area contributed by atoms with E-state index in [1.54, 1.807) is 18.9 Å². The molecule has 2 unspecified atom stereocenters. The zero-order valence-electron chi connectivity index (χ0n) is 10.9. The molecule has 0 aromatic heterocycles. The Morgan fingerprint density at radius 1 is 1.44 bits per heavy atom. The lowest BCUT2D eigenvalue weighted by atomic mass is 10.2. The lowest BCUT2D eigenvalue weighted by Crippen LogP contribution is -2.45. The molecule has 18 heavy (non-hydrogen) atoms. The molecule has 0 radical (unpaired) electrons. The van der Waals surface area contributed by atoms with Crippen LogP contribution in [-0.4, -0.2) is 36.5 Å². The maximum Gasteiger partial charge on any atom is 0.263 e. The number of para-hydroxylation sites is 1. The molecule has 0 aliphatic heterocycles. The Hall–Kier alpha value is -1.07. The maximum atomic E-state index is 12.1. The van der Waals surface area contributed by atoms with E-state index in [9.17, 15) is 4.79 Å². The minimum absolute atomic E-state index is 0.00256. The average molecular weight is 315 g/mol. The normalized spacial score (nSPS) is 13.8. The number of ether oxygens (including phenoxy) is 1. The highest BCUT2D eigenvalue weighted by Crippen LogP contribution is 2.25. The van der Waals surface area contributed by atoms with Crippen LogP contribution in [0.1, 0.15) is 13.8 Å². The van der Waals surface area contributed by atoms with Crippen LogP contribution in [0.5, 0.6) is 5.75 Å². The van der Waals surface area contributed by atoms with Crippen LogP contribution < -0.4 is 10.5 Å². The molecule has 0 spiro atoms. The number of hydrogen-bond donors (Lipinski definition) is 1. The van der Waals surface area contributed by atoms with E-state index in [1.165, 1.54) is 0 Å². The van der Waals surface area contributed by atoms with E-state index in [0.717, 1.165) is 4.47 Å². The van der Waals surface area contributed by atoms with Crippen LogP contribution >= 0.6 is 15.9 Å². The van der Waals surface area contributed by atoms with Gasteiger partial charge in [0.25, 0.3) is 5.91 Å². The fourth-order valence-electron chi connectivity index (χ4n) is 1.44. The second-order valence-corrected chi connectivity index (χ2v) is 5.08. The Labute approximate surface area is 116 Å². The van der Waals surface area contributed by atoms with Crippen LogP contribution in [0.4, 0.5) is 0 Å². The largest absolute Gasteiger partial charge is 0.480 e. The maximum absolute atomic E-state index is 12.1. The highest BCUT2D eigenvalue weighted by atomic mass is 79.9. The van der Waals surface area contributed by atoms with Gasteiger partial charge in [-0.15, -0.1) is 0 Å². The van der Waals surface area contributed by atoms with Crippen molar-refractivity contribution >= 4 is 21.8 Å². The minimum atomic E-state index is -0.539. The van der Waals surface area contributed by atoms with Crippen molar-refractivity contribution in [1.82, 2.24) is 4.90 Å². The van der Waals surface area contributed by atoms with Gasteiger partial charge in [-0.25, -0.2) is 0 Å². The van der Waals surface area contributed by atoms with Crippen LogP contribution in [0.2, 0.25) is 0 Å². The van der Waals surface area contributed by atoms with Gasteiger partial charge in [-0.05, 0) is 41.9 Å². The first-order valence-electron chi connectivity index (χ1n) is 5.85. The third kappa shape index (κ3) is 3.71. The smallest absolute Gasteiger partial charge is 0.263 e. The molecule has 0 fully saturated rings. The fraction of sp³-hybridized carbons (Fsp3) is 0.462. The van der Waals surface area contributed by atoms with Crippen LogP contribution in [0.15, 0.2) is 28.7 Å². The van der Waals surface area contributed by atoms with E-state index in [1.807, 2.05) is 31.2 Å². The summed E-state index contributed by atoms with van der Waals surface area (Å²) in [4.78, 5) is 13.7. The zero-order valence-corrected chi connectivity index (χ0v) is 12.5. The standard InChI is InChI=1S/C13H19BrN2O2/c1-9(8-15)16(3)13(17)10(2)18-12-7-5-4-6-11(12)14/h4-7,9-10H,8,15H2,1-3H3. The third-order valence-electron chi connectivity index (χ3n) is 2.84. The van der Waals surface area contributed by atoms with Gasteiger partial charge in [0.2, 0.25) is 0 Å². The Morgan fingerprint density at radius 2 is 2.06 bits per heavy atom. The summed E-state index contributed by atoms with van der Waals surface area (Å²) in [5.74, 6) is 0.579. The topological polar surface area (TPSA) is 55.6 Å². The summed E-state index contributed by atoms with van der Waals surface area (Å²) in [5.41, 5.74) is 5.55. The summed E-state index contributed by atoms with van der Waals surface area (Å²) >= 11 is 3.38. The van der Waals surface area contributed by atoms with Gasteiger partial charge in [0.05, 0.1) is 4.47 Å². The molecular formula is C13H19BrN2O2. The van der Waals surface area contributed by atoms with E-state index < -0.39 is 6.10 Å². The Kier molecular flexibility index (Phi) is 5.62. The fourth-order valence-corrected chi connectivity index (χ4v) is 1.82. The molecule has 1 amide bonds. The quantitative estimate of drug-likeness (QED) is 0.904. The Balaban J connectivity index is 2.68. The molecule has 0 heterocycles. The predicted octanol–water partition coefficient (Wildman–Crippen LogP) is 2.02. The van der Waals surface area contributed by atoms with E-state index in [-0.39, 0.29) is 11.9 Å². The van der Waals surface area contributed by atoms with Crippen molar-refractivity contribution < 1.29 is 9.53 Å². The molecule has 0 aliphatic rings. The second kappa shape index (κ2) is 6.75. The lowest BCUT2D eigenvalue weighted by Gasteiger charge is -2.27. The van der Waals surface area contributed by atoms with Crippen molar-refractivity contribution in [3.8, 4) is 5.75 Å². The monoisotopic (exact) mass is 314 g/mol. The third-order valence-corrected chi connectivity index (χ3v) is 3.49. The van der Waals surface area contributed by atoms with Crippen molar-refractivity contribution in [2.24, 2.45) is 5.73 Å². The van der Waals surface area contributed by atoms with Crippen molar-refractivity contribution in [3.05, 3.63) is 28.7 Å². The summed E-state index contributed by atoms with van der Waals surface area (Å²) in [5, 5.41) is 0. The average Bonchev–Trinajstić information content (AvgIpc) is 2.38. The number of rotatable bonds is 5. The van der Waals surface area contributed by atoms with Gasteiger partial charge in [0.1, 0.15) is 5.75 Å². The van der Waals surface area contributed by atoms with Crippen LogP contribution in [0.3, 0.4) is 0 Å². The molecule has 0 saturated carbocycles. The molecule has 1 rings (SSSR count). The van der Waals surface area contributed by atoms with Gasteiger partial charge >= 0.3 is 0 Å². The minimum Gasteiger partial charge on any atom is -0.480 e. The molecule has 1 aromatic carbocycles. The van der Waals surface area contributed by atoms with Crippen LogP contribution in [-0.2, 0) is 4.79 Å². The molecule has 0 aliphatic carbocycles. The highest BCUT2D eigenvalue weighted by Gasteiger charge is 2.22. The predicted molar refractivity (Wildman–Crippen MR) is 75.5 cm³/mol. The van der Waals surface area contributed by atoms with Crippen molar-refractivity contribution in [3.63, 3.8) is 0 Å². The molecule has 0 bridgehead atoms. The molecule has 5 heteroatoms. The number of halogens is 1. The summed E-state index contributed by atoms with van der Waals surface area (Å²) in [6.07, 6.45) is -0.539. The molecule has 1 aromatic rings. The summed E-state index contributed by atoms with van der Waals surface area (Å²) < 4.78 is 6.48. The number of carbonyl (C=O) groups excluding carboxylic acids is 1. The van der Waals surface area contributed by atoms with Gasteiger partial charge in [-0.1, -0.05) is 12.1 Å². The molecule has 0 saturated heterocycles. The Bertz CT molecular complexity index is 412. The van der Waals surface area contributed by atoms with Gasteiger partial charge in [0, 0.05) is 19.6 Å². The first kappa shape index (κ1) is 15.0. The lowest BCUT2D eigenvalue weighted by molar-refractivity contribution is -0.138. The van der Waals surface area contributed by atoms with Crippen LogP contribution in [0, 0.1) is 0 Å². The number of nitrogens with zero attached hydrogens (tertiary/aromatic N) is 1. The number of likely N-dealkylation sites (N-methyl/N-ethyl adjacent to an activating group) is 1. The van der Waals surface area contributed by atoms with E-state index in [0.29, 0.717) is 12.3 Å². The van der Waals surface area contributed by atoms with Gasteiger partial charge in [0.15, 0.2) is 6.10 Å². The van der Waals surface area contributed by atoms with Gasteiger partial charge < -0.3 is 15.4 Å². The number of nitrogens with two attached hydrogens (primary N) is 1. The van der Waals surface area contributed by atoms with Crippen LogP contribution in [0.25, 0.3) is 0 Å². The molecule has 2 atom stereocenters. The van der Waals surface area contributed by atoms with Gasteiger partial charge in [-0.2, -0.15) is 0 Å². The number of amides is 1. The molecular weight excluding hydrogens is 296 g/mol. The first-order chi connectivity index (χ1) is 8.47. The molecule has 2 N–H and O–H groups in total. The second-order valence-electron chi connectivity index (χ2n) is 4.22. The van der Waals surface area contributed by atoms with Crippen molar-refractivity contribution in [2.75, 3.05) is 13.6 Å². The summed E-state index contributed by atoms with van der Waals surface area (Å²) in [6, 6.07) is 7.46. The summed E-state index contributed by atoms with van der Waals surface area (Å²) in [7, 11) is 1.74. The Morgan fingerprint density at radius 3 is 2.61 bits per heavy atom. The van der Waals surface area contributed by atoms with Crippen molar-refractivity contribution in [2.45, 2.75) is 26.0 Å². The van der Waals surface area contributed by atoms with Gasteiger partial charge in [-0.3, -0.25) is 4.79 Å². The summed E-state index contributed by atoms with van der Waals surface area (Å²) in [6.45, 7) is 4.08. The molecule has 100 valence electrons. The number of carbonyl (C=O) groups is 1. The zero-order chi connectivity index (χ0) is 13.7. The highest BCUT2D eigenvalue weighted by molar-refractivity contribution is 9.10. The van der Waals surface area contributed by atoms with E-state index in [4.69, 9.17) is 10.5 Å². The van der Waals surface area contributed by atoms with Crippen molar-refractivity contribution in [1.29, 1.82) is 0 Å². The first-order valence-corrected chi connectivity index (χ1v) is 6.64. The number of benzene rings is 1. The van der Waals surface area contributed by atoms with E-state index in [2.05, 4.69) is 15.9 Å². The number of hydrogen-bond acceptors (Lipinski definition) is 3. The van der Waals surface area contributed by atoms with E-state index >= 15 is 0 Å².